The summed E-state index contributed by atoms with van der Waals surface area (Å²) in [6.07, 6.45) is -4.99. The van der Waals surface area contributed by atoms with E-state index in [1.54, 1.807) is 24.3 Å². The molecule has 0 saturated carbocycles. The Hall–Kier alpha value is -1.29. The number of para-hydroxylation sites is 1. The number of ether oxygens (including phenoxy) is 4. The maximum atomic E-state index is 10.3. The van der Waals surface area contributed by atoms with E-state index in [-0.39, 0.29) is 5.24 Å². The van der Waals surface area contributed by atoms with Crippen LogP contribution in [0.25, 0.3) is 0 Å². The van der Waals surface area contributed by atoms with Crippen LogP contribution in [-0.4, -0.2) is 64.5 Å². The highest BCUT2D eigenvalue weighted by atomic mass is 32.1. The molecule has 0 unspecified atom stereocenters. The predicted octanol–water partition coefficient (Wildman–Crippen LogP) is 0.601. The fourth-order valence-corrected chi connectivity index (χ4v) is 2.49. The molecule has 0 radical (unpaired) electrons. The first kappa shape index (κ1) is 19.0. The van der Waals surface area contributed by atoms with Crippen LogP contribution < -0.4 is 4.74 Å². The molecule has 2 rings (SSSR count). The summed E-state index contributed by atoms with van der Waals surface area (Å²) in [7, 11) is 0. The Morgan fingerprint density at radius 3 is 2.54 bits per heavy atom. The zero-order valence-corrected chi connectivity index (χ0v) is 14.1. The van der Waals surface area contributed by atoms with E-state index in [1.807, 2.05) is 13.0 Å². The summed E-state index contributed by atoms with van der Waals surface area (Å²) in [4.78, 5) is 0. The van der Waals surface area contributed by atoms with E-state index in [4.69, 9.17) is 31.2 Å². The lowest BCUT2D eigenvalue weighted by Crippen LogP contribution is -2.60. The molecular formula is C16H22O7S. The van der Waals surface area contributed by atoms with Crippen molar-refractivity contribution in [3.05, 3.63) is 30.3 Å². The summed E-state index contributed by atoms with van der Waals surface area (Å²) in [6, 6.07) is 8.75. The lowest BCUT2D eigenvalue weighted by atomic mass is 9.99. The number of hydrogen-bond acceptors (Lipinski definition) is 8. The fourth-order valence-electron chi connectivity index (χ4n) is 2.28. The molecule has 5 atom stereocenters. The average molecular weight is 358 g/mol. The molecule has 1 aliphatic heterocycles. The van der Waals surface area contributed by atoms with Crippen LogP contribution in [0.3, 0.4) is 0 Å². The molecule has 0 aliphatic carbocycles. The number of rotatable bonds is 6. The molecule has 7 nitrogen and oxygen atoms in total. The van der Waals surface area contributed by atoms with Crippen molar-refractivity contribution in [1.82, 2.24) is 0 Å². The third-order valence-corrected chi connectivity index (χ3v) is 3.66. The third-order valence-electron chi connectivity index (χ3n) is 3.48. The van der Waals surface area contributed by atoms with Gasteiger partial charge in [-0.15, -0.1) is 0 Å². The molecule has 0 spiro atoms. The van der Waals surface area contributed by atoms with E-state index < -0.39 is 37.3 Å². The Kier molecular flexibility index (Phi) is 7.35. The van der Waals surface area contributed by atoms with Gasteiger partial charge >= 0.3 is 5.24 Å². The smallest absolute Gasteiger partial charge is 0.358 e. The quantitative estimate of drug-likeness (QED) is 0.636. The zero-order valence-electron chi connectivity index (χ0n) is 13.3. The van der Waals surface area contributed by atoms with Gasteiger partial charge in [0.05, 0.1) is 6.61 Å². The van der Waals surface area contributed by atoms with Crippen LogP contribution in [0.5, 0.6) is 5.75 Å². The van der Waals surface area contributed by atoms with Crippen molar-refractivity contribution in [2.24, 2.45) is 0 Å². The van der Waals surface area contributed by atoms with Gasteiger partial charge in [0.25, 0.3) is 0 Å². The second-order valence-corrected chi connectivity index (χ2v) is 5.66. The molecule has 0 aromatic heterocycles. The molecule has 1 aromatic rings. The molecule has 8 heteroatoms. The summed E-state index contributed by atoms with van der Waals surface area (Å²) >= 11 is 5.01. The summed E-state index contributed by atoms with van der Waals surface area (Å²) in [6.45, 7) is 1.81. The second-order valence-electron chi connectivity index (χ2n) is 5.33. The summed E-state index contributed by atoms with van der Waals surface area (Å²) in [5.41, 5.74) is 0. The lowest BCUT2D eigenvalue weighted by Gasteiger charge is -2.41. The SMILES string of the molecule is CCCO[C@H]1O[C@H](CO)[C@H](O)[C@H](OC(=S)Oc2ccccc2)[C@H]1O. The number of benzene rings is 1. The molecule has 1 aliphatic rings. The Bertz CT molecular complexity index is 512. The van der Waals surface area contributed by atoms with Gasteiger partial charge in [0.1, 0.15) is 24.1 Å². The van der Waals surface area contributed by atoms with E-state index >= 15 is 0 Å². The molecule has 0 bridgehead atoms. The fraction of sp³-hybridized carbons (Fsp3) is 0.562. The van der Waals surface area contributed by atoms with Gasteiger partial charge in [0.15, 0.2) is 12.4 Å². The summed E-state index contributed by atoms with van der Waals surface area (Å²) in [5.74, 6) is 0.469. The molecule has 1 aromatic carbocycles. The van der Waals surface area contributed by atoms with Crippen molar-refractivity contribution in [2.45, 2.75) is 44.1 Å². The first-order chi connectivity index (χ1) is 11.6. The summed E-state index contributed by atoms with van der Waals surface area (Å²) in [5, 5.41) is 29.6. The van der Waals surface area contributed by atoms with E-state index in [2.05, 4.69) is 0 Å². The highest BCUT2D eigenvalue weighted by molar-refractivity contribution is 7.79. The predicted molar refractivity (Wildman–Crippen MR) is 88.5 cm³/mol. The van der Waals surface area contributed by atoms with Gasteiger partial charge in [0.2, 0.25) is 0 Å². The molecule has 0 amide bonds. The minimum absolute atomic E-state index is 0.253. The minimum atomic E-state index is -1.29. The summed E-state index contributed by atoms with van der Waals surface area (Å²) < 4.78 is 21.5. The van der Waals surface area contributed by atoms with Crippen LogP contribution in [0.15, 0.2) is 30.3 Å². The standard InChI is InChI=1S/C16H22O7S/c1-2-8-20-15-13(19)14(12(18)11(9-17)22-15)23-16(24)21-10-6-4-3-5-7-10/h3-7,11-15,17-19H,2,8-9H2,1H3/t11-,12+,13-,14+,15+/m1/s1. The van der Waals surface area contributed by atoms with Crippen LogP contribution in [-0.2, 0) is 14.2 Å². The van der Waals surface area contributed by atoms with Crippen molar-refractivity contribution in [3.63, 3.8) is 0 Å². The minimum Gasteiger partial charge on any atom is -0.447 e. The molecule has 1 heterocycles. The van der Waals surface area contributed by atoms with Gasteiger partial charge in [-0.1, -0.05) is 25.1 Å². The Labute approximate surface area is 145 Å². The van der Waals surface area contributed by atoms with Crippen LogP contribution in [0, 0.1) is 0 Å². The Balaban J connectivity index is 2.02. The highest BCUT2D eigenvalue weighted by Crippen LogP contribution is 2.25. The van der Waals surface area contributed by atoms with Gasteiger partial charge in [0, 0.05) is 18.8 Å². The third kappa shape index (κ3) is 4.85. The van der Waals surface area contributed by atoms with Crippen LogP contribution in [0.4, 0.5) is 0 Å². The second kappa shape index (κ2) is 9.26. The Morgan fingerprint density at radius 1 is 1.21 bits per heavy atom. The maximum Gasteiger partial charge on any atom is 0.358 e. The van der Waals surface area contributed by atoms with Gasteiger partial charge in [-0.05, 0) is 18.6 Å². The van der Waals surface area contributed by atoms with Crippen LogP contribution in [0.2, 0.25) is 0 Å². The average Bonchev–Trinajstić information content (AvgIpc) is 2.59. The van der Waals surface area contributed by atoms with Crippen molar-refractivity contribution in [1.29, 1.82) is 0 Å². The molecule has 1 fully saturated rings. The first-order valence-electron chi connectivity index (χ1n) is 7.74. The topological polar surface area (TPSA) is 97.6 Å². The van der Waals surface area contributed by atoms with E-state index in [0.717, 1.165) is 6.42 Å². The van der Waals surface area contributed by atoms with E-state index in [1.165, 1.54) is 0 Å². The van der Waals surface area contributed by atoms with Gasteiger partial charge in [-0.3, -0.25) is 0 Å². The van der Waals surface area contributed by atoms with Crippen LogP contribution in [0.1, 0.15) is 13.3 Å². The molecular weight excluding hydrogens is 336 g/mol. The van der Waals surface area contributed by atoms with Gasteiger partial charge in [-0.2, -0.15) is 0 Å². The molecule has 24 heavy (non-hydrogen) atoms. The monoisotopic (exact) mass is 358 g/mol. The number of thiocarbonyl (C=S) groups is 1. The zero-order chi connectivity index (χ0) is 17.5. The molecule has 1 saturated heterocycles. The number of hydrogen-bond donors (Lipinski definition) is 3. The number of aliphatic hydroxyl groups is 3. The number of aliphatic hydroxyl groups excluding tert-OH is 3. The van der Waals surface area contributed by atoms with Crippen molar-refractivity contribution >= 4 is 17.5 Å². The highest BCUT2D eigenvalue weighted by Gasteiger charge is 2.47. The van der Waals surface area contributed by atoms with Crippen molar-refractivity contribution < 1.29 is 34.3 Å². The van der Waals surface area contributed by atoms with E-state index in [9.17, 15) is 15.3 Å². The van der Waals surface area contributed by atoms with Gasteiger partial charge < -0.3 is 34.3 Å². The maximum absolute atomic E-state index is 10.3. The van der Waals surface area contributed by atoms with Crippen molar-refractivity contribution in [2.75, 3.05) is 13.2 Å². The lowest BCUT2D eigenvalue weighted by molar-refractivity contribution is -0.299. The first-order valence-corrected chi connectivity index (χ1v) is 8.15. The van der Waals surface area contributed by atoms with Crippen LogP contribution >= 0.6 is 12.2 Å². The molecule has 134 valence electrons. The largest absolute Gasteiger partial charge is 0.447 e. The van der Waals surface area contributed by atoms with Crippen molar-refractivity contribution in [3.8, 4) is 5.75 Å². The Morgan fingerprint density at radius 2 is 1.92 bits per heavy atom. The van der Waals surface area contributed by atoms with Gasteiger partial charge in [-0.25, -0.2) is 0 Å². The normalized spacial score (nSPS) is 29.9. The van der Waals surface area contributed by atoms with E-state index in [0.29, 0.717) is 12.4 Å². The molecule has 3 N–H and O–H groups in total.